The van der Waals surface area contributed by atoms with Gasteiger partial charge in [-0.1, -0.05) is 6.07 Å². The van der Waals surface area contributed by atoms with E-state index in [1.54, 1.807) is 4.57 Å². The van der Waals surface area contributed by atoms with Gasteiger partial charge < -0.3 is 19.7 Å². The smallest absolute Gasteiger partial charge is 0.351 e. The third-order valence-corrected chi connectivity index (χ3v) is 5.04. The van der Waals surface area contributed by atoms with E-state index in [1.165, 1.54) is 13.2 Å². The quantitative estimate of drug-likeness (QED) is 0.874. The number of hydrogen-bond donors (Lipinski definition) is 1. The Morgan fingerprint density at radius 2 is 2.19 bits per heavy atom. The second kappa shape index (κ2) is 6.49. The van der Waals surface area contributed by atoms with E-state index in [0.29, 0.717) is 43.4 Å². The molecular weight excluding hydrogens is 358 g/mol. The molecule has 0 amide bonds. The summed E-state index contributed by atoms with van der Waals surface area (Å²) in [6.45, 7) is 4.38. The Bertz CT molecular complexity index is 949. The van der Waals surface area contributed by atoms with E-state index in [1.807, 2.05) is 6.92 Å². The van der Waals surface area contributed by atoms with Crippen molar-refractivity contribution in [3.63, 3.8) is 0 Å². The van der Waals surface area contributed by atoms with E-state index in [9.17, 15) is 13.6 Å². The van der Waals surface area contributed by atoms with Crippen molar-refractivity contribution in [1.82, 2.24) is 9.55 Å². The average Bonchev–Trinajstić information content (AvgIpc) is 2.97. The number of hydrogen-bond acceptors (Lipinski definition) is 6. The number of halogens is 2. The molecule has 1 N–H and O–H groups in total. The largest absolute Gasteiger partial charge is 0.490 e. The Labute approximate surface area is 154 Å². The molecule has 3 heterocycles. The molecule has 0 radical (unpaired) electrons. The van der Waals surface area contributed by atoms with Gasteiger partial charge in [0.05, 0.1) is 32.4 Å². The molecular formula is C18H20F2N4O3. The number of nitrogens with zero attached hydrogens (tertiary/aromatic N) is 3. The van der Waals surface area contributed by atoms with Crippen LogP contribution in [0.15, 0.2) is 23.0 Å². The molecule has 0 spiro atoms. The summed E-state index contributed by atoms with van der Waals surface area (Å²) in [5.41, 5.74) is -0.207. The summed E-state index contributed by atoms with van der Waals surface area (Å²) < 4.78 is 39.2. The van der Waals surface area contributed by atoms with Gasteiger partial charge in [0.1, 0.15) is 0 Å². The molecule has 9 heteroatoms. The molecule has 27 heavy (non-hydrogen) atoms. The first-order valence-electron chi connectivity index (χ1n) is 8.65. The fraction of sp³-hybridized carbons (Fsp3) is 0.444. The Morgan fingerprint density at radius 1 is 1.37 bits per heavy atom. The van der Waals surface area contributed by atoms with E-state index in [4.69, 9.17) is 9.47 Å². The molecule has 0 bridgehead atoms. The number of rotatable bonds is 4. The van der Waals surface area contributed by atoms with Crippen molar-refractivity contribution < 1.29 is 18.3 Å². The number of aromatic nitrogens is 2. The zero-order valence-electron chi connectivity index (χ0n) is 15.1. The number of methoxy groups -OCH3 is 1. The molecule has 1 saturated heterocycles. The number of fused-ring (bicyclic) bond motifs is 3. The molecule has 0 aliphatic carbocycles. The minimum absolute atomic E-state index is 0.170. The molecule has 144 valence electrons. The van der Waals surface area contributed by atoms with Crippen LogP contribution < -0.4 is 20.6 Å². The topological polar surface area (TPSA) is 68.6 Å². The maximum absolute atomic E-state index is 13.4. The van der Waals surface area contributed by atoms with Crippen LogP contribution in [0.3, 0.4) is 0 Å². The van der Waals surface area contributed by atoms with Gasteiger partial charge in [0.25, 0.3) is 0 Å². The molecule has 4 rings (SSSR count). The van der Waals surface area contributed by atoms with Gasteiger partial charge in [-0.25, -0.2) is 13.6 Å². The standard InChI is InChI=1S/C18H20F2N4O3/c1-18-9-23-16(24(18)5-6-27-10-18)14(26-2)15(22-17(23)25)21-8-11-3-4-12(19)13(20)7-11/h3-4,7H,5-6,8-10H2,1-2H3,(H,21,22,25)/t18-/m1/s1. The second-order valence-corrected chi connectivity index (χ2v) is 6.99. The SMILES string of the molecule is COc1c(NCc2ccc(F)c(F)c2)nc(=O)n2c1N1CCOC[C@@]1(C)C2. The highest BCUT2D eigenvalue weighted by Crippen LogP contribution is 2.42. The third kappa shape index (κ3) is 2.91. The highest BCUT2D eigenvalue weighted by Gasteiger charge is 2.45. The van der Waals surface area contributed by atoms with Crippen molar-refractivity contribution in [2.24, 2.45) is 0 Å². The predicted molar refractivity (Wildman–Crippen MR) is 95.3 cm³/mol. The Kier molecular flexibility index (Phi) is 4.26. The normalized spacial score (nSPS) is 21.0. The molecule has 1 aromatic carbocycles. The molecule has 2 aliphatic heterocycles. The van der Waals surface area contributed by atoms with Crippen LogP contribution in [0.4, 0.5) is 20.4 Å². The van der Waals surface area contributed by atoms with Gasteiger partial charge >= 0.3 is 5.69 Å². The lowest BCUT2D eigenvalue weighted by molar-refractivity contribution is 0.0585. The van der Waals surface area contributed by atoms with Crippen LogP contribution in [0, 0.1) is 11.6 Å². The Hall–Kier alpha value is -2.68. The van der Waals surface area contributed by atoms with Crippen molar-refractivity contribution >= 4 is 11.6 Å². The zero-order chi connectivity index (χ0) is 19.2. The molecule has 1 aromatic heterocycles. The summed E-state index contributed by atoms with van der Waals surface area (Å²) in [5, 5.41) is 3.01. The van der Waals surface area contributed by atoms with Crippen LogP contribution in [0.25, 0.3) is 0 Å². The Morgan fingerprint density at radius 3 is 2.93 bits per heavy atom. The fourth-order valence-electron chi connectivity index (χ4n) is 3.71. The van der Waals surface area contributed by atoms with Crippen molar-refractivity contribution in [2.45, 2.75) is 25.6 Å². The summed E-state index contributed by atoms with van der Waals surface area (Å²) >= 11 is 0. The molecule has 0 unspecified atom stereocenters. The zero-order valence-corrected chi connectivity index (χ0v) is 15.1. The monoisotopic (exact) mass is 378 g/mol. The van der Waals surface area contributed by atoms with Crippen molar-refractivity contribution in [3.05, 3.63) is 45.9 Å². The summed E-state index contributed by atoms with van der Waals surface area (Å²) in [4.78, 5) is 18.8. The van der Waals surface area contributed by atoms with Crippen LogP contribution in [-0.2, 0) is 17.8 Å². The first-order chi connectivity index (χ1) is 12.9. The van der Waals surface area contributed by atoms with Gasteiger partial charge in [0.15, 0.2) is 23.3 Å². The van der Waals surface area contributed by atoms with Crippen LogP contribution in [0.5, 0.6) is 5.75 Å². The minimum Gasteiger partial charge on any atom is -0.490 e. The highest BCUT2D eigenvalue weighted by atomic mass is 19.2. The first-order valence-corrected chi connectivity index (χ1v) is 8.65. The van der Waals surface area contributed by atoms with E-state index in [0.717, 1.165) is 12.1 Å². The third-order valence-electron chi connectivity index (χ3n) is 5.04. The lowest BCUT2D eigenvalue weighted by atomic mass is 10.0. The number of nitrogens with one attached hydrogen (secondary N) is 1. The summed E-state index contributed by atoms with van der Waals surface area (Å²) in [6.07, 6.45) is 0. The number of ether oxygens (including phenoxy) is 2. The second-order valence-electron chi connectivity index (χ2n) is 6.99. The summed E-state index contributed by atoms with van der Waals surface area (Å²) in [5.74, 6) is -0.447. The van der Waals surface area contributed by atoms with Crippen molar-refractivity contribution in [3.8, 4) is 5.75 Å². The van der Waals surface area contributed by atoms with Gasteiger partial charge in [0.2, 0.25) is 5.75 Å². The van der Waals surface area contributed by atoms with Gasteiger partial charge in [-0.2, -0.15) is 4.98 Å². The van der Waals surface area contributed by atoms with Crippen LogP contribution in [0.2, 0.25) is 0 Å². The van der Waals surface area contributed by atoms with Gasteiger partial charge in [-0.3, -0.25) is 4.57 Å². The fourth-order valence-corrected chi connectivity index (χ4v) is 3.71. The summed E-state index contributed by atoms with van der Waals surface area (Å²) in [7, 11) is 1.52. The van der Waals surface area contributed by atoms with Gasteiger partial charge in [-0.15, -0.1) is 0 Å². The Balaban J connectivity index is 1.69. The van der Waals surface area contributed by atoms with Crippen molar-refractivity contribution in [2.75, 3.05) is 37.1 Å². The molecule has 1 atom stereocenters. The van der Waals surface area contributed by atoms with E-state index in [2.05, 4.69) is 15.2 Å². The minimum atomic E-state index is -0.924. The molecule has 7 nitrogen and oxygen atoms in total. The molecule has 1 fully saturated rings. The van der Waals surface area contributed by atoms with Crippen LogP contribution >= 0.6 is 0 Å². The maximum Gasteiger partial charge on any atom is 0.351 e. The van der Waals surface area contributed by atoms with Crippen LogP contribution in [0.1, 0.15) is 12.5 Å². The molecule has 2 aliphatic rings. The first kappa shape index (κ1) is 17.7. The number of benzene rings is 1. The van der Waals surface area contributed by atoms with Gasteiger partial charge in [0, 0.05) is 13.1 Å². The number of anilines is 2. The van der Waals surface area contributed by atoms with E-state index in [-0.39, 0.29) is 17.9 Å². The van der Waals surface area contributed by atoms with E-state index < -0.39 is 17.3 Å². The molecule has 2 aromatic rings. The van der Waals surface area contributed by atoms with Crippen LogP contribution in [-0.4, -0.2) is 42.0 Å². The summed E-state index contributed by atoms with van der Waals surface area (Å²) in [6, 6.07) is 3.64. The maximum atomic E-state index is 13.4. The highest BCUT2D eigenvalue weighted by molar-refractivity contribution is 5.68. The lowest BCUT2D eigenvalue weighted by Gasteiger charge is -2.39. The molecule has 0 saturated carbocycles. The van der Waals surface area contributed by atoms with Crippen molar-refractivity contribution in [1.29, 1.82) is 0 Å². The predicted octanol–water partition coefficient (Wildman–Crippen LogP) is 1.75. The van der Waals surface area contributed by atoms with E-state index >= 15 is 0 Å². The number of morpholine rings is 1. The lowest BCUT2D eigenvalue weighted by Crippen LogP contribution is -2.53. The average molecular weight is 378 g/mol. The van der Waals surface area contributed by atoms with Gasteiger partial charge in [-0.05, 0) is 24.6 Å².